The quantitative estimate of drug-likeness (QED) is 0.750. The van der Waals surface area contributed by atoms with E-state index in [0.717, 1.165) is 16.5 Å². The standard InChI is InChI=1S/C19H18O4/c1-12-5-3-4-6-14(12)16(20)11-15-17(22-2)9-7-13-8-10-18(21)23-19(13)15/h3-10,16,20H,11H2,1-2H3. The molecule has 0 saturated heterocycles. The molecule has 0 aliphatic carbocycles. The van der Waals surface area contributed by atoms with Gasteiger partial charge in [-0.1, -0.05) is 24.3 Å². The molecular formula is C19H18O4. The molecule has 1 aromatic heterocycles. The van der Waals surface area contributed by atoms with Gasteiger partial charge in [0.05, 0.1) is 13.2 Å². The van der Waals surface area contributed by atoms with E-state index in [1.54, 1.807) is 13.2 Å². The summed E-state index contributed by atoms with van der Waals surface area (Å²) < 4.78 is 10.7. The predicted octanol–water partition coefficient (Wildman–Crippen LogP) is 3.39. The molecular weight excluding hydrogens is 292 g/mol. The highest BCUT2D eigenvalue weighted by molar-refractivity contribution is 5.82. The van der Waals surface area contributed by atoms with Gasteiger partial charge in [-0.15, -0.1) is 0 Å². The first kappa shape index (κ1) is 15.3. The monoisotopic (exact) mass is 310 g/mol. The molecule has 3 rings (SSSR count). The summed E-state index contributed by atoms with van der Waals surface area (Å²) in [6.07, 6.45) is -0.403. The van der Waals surface area contributed by atoms with Gasteiger partial charge in [0.25, 0.3) is 0 Å². The van der Waals surface area contributed by atoms with E-state index < -0.39 is 11.7 Å². The molecule has 1 heterocycles. The van der Waals surface area contributed by atoms with E-state index in [1.807, 2.05) is 43.3 Å². The molecule has 2 aromatic carbocycles. The van der Waals surface area contributed by atoms with E-state index in [4.69, 9.17) is 9.15 Å². The molecule has 3 aromatic rings. The van der Waals surface area contributed by atoms with Crippen molar-refractivity contribution in [2.45, 2.75) is 19.4 Å². The summed E-state index contributed by atoms with van der Waals surface area (Å²) in [5.41, 5.74) is 2.60. The highest BCUT2D eigenvalue weighted by Gasteiger charge is 2.18. The Balaban J connectivity index is 2.09. The minimum Gasteiger partial charge on any atom is -0.496 e. The third kappa shape index (κ3) is 2.98. The number of aryl methyl sites for hydroxylation is 1. The second kappa shape index (κ2) is 6.26. The van der Waals surface area contributed by atoms with Crippen molar-refractivity contribution >= 4 is 11.0 Å². The molecule has 4 heteroatoms. The maximum atomic E-state index is 11.6. The van der Waals surface area contributed by atoms with Crippen LogP contribution < -0.4 is 10.4 Å². The number of aliphatic hydroxyl groups is 1. The third-order valence-corrected chi connectivity index (χ3v) is 4.01. The zero-order chi connectivity index (χ0) is 16.4. The Morgan fingerprint density at radius 3 is 2.61 bits per heavy atom. The molecule has 0 radical (unpaired) electrons. The smallest absolute Gasteiger partial charge is 0.336 e. The summed E-state index contributed by atoms with van der Waals surface area (Å²) in [7, 11) is 1.56. The van der Waals surface area contributed by atoms with Crippen LogP contribution in [-0.4, -0.2) is 12.2 Å². The number of aliphatic hydroxyl groups excluding tert-OH is 1. The van der Waals surface area contributed by atoms with Crippen molar-refractivity contribution in [3.63, 3.8) is 0 Å². The normalized spacial score (nSPS) is 12.3. The Labute approximate surface area is 134 Å². The molecule has 1 unspecified atom stereocenters. The van der Waals surface area contributed by atoms with Gasteiger partial charge in [-0.2, -0.15) is 0 Å². The Morgan fingerprint density at radius 2 is 1.87 bits per heavy atom. The Kier molecular flexibility index (Phi) is 4.17. The number of ether oxygens (including phenoxy) is 1. The van der Waals surface area contributed by atoms with Crippen LogP contribution in [0, 0.1) is 6.92 Å². The van der Waals surface area contributed by atoms with Crippen molar-refractivity contribution in [3.8, 4) is 5.75 Å². The van der Waals surface area contributed by atoms with E-state index in [9.17, 15) is 9.90 Å². The highest BCUT2D eigenvalue weighted by Crippen LogP contribution is 2.32. The van der Waals surface area contributed by atoms with Crippen molar-refractivity contribution in [3.05, 3.63) is 75.6 Å². The van der Waals surface area contributed by atoms with Crippen LogP contribution in [-0.2, 0) is 6.42 Å². The average molecular weight is 310 g/mol. The van der Waals surface area contributed by atoms with Gasteiger partial charge in [-0.25, -0.2) is 4.79 Å². The van der Waals surface area contributed by atoms with Gasteiger partial charge in [0.15, 0.2) is 0 Å². The summed E-state index contributed by atoms with van der Waals surface area (Å²) in [5, 5.41) is 11.4. The lowest BCUT2D eigenvalue weighted by Crippen LogP contribution is -2.07. The van der Waals surface area contributed by atoms with E-state index in [2.05, 4.69) is 0 Å². The van der Waals surface area contributed by atoms with Crippen molar-refractivity contribution in [2.75, 3.05) is 7.11 Å². The SMILES string of the molecule is COc1ccc2ccc(=O)oc2c1CC(O)c1ccccc1C. The van der Waals surface area contributed by atoms with Gasteiger partial charge in [0.1, 0.15) is 11.3 Å². The maximum Gasteiger partial charge on any atom is 0.336 e. The van der Waals surface area contributed by atoms with Gasteiger partial charge < -0.3 is 14.3 Å². The largest absolute Gasteiger partial charge is 0.496 e. The first-order valence-corrected chi connectivity index (χ1v) is 7.43. The fourth-order valence-electron chi connectivity index (χ4n) is 2.82. The third-order valence-electron chi connectivity index (χ3n) is 4.01. The molecule has 118 valence electrons. The number of hydrogen-bond acceptors (Lipinski definition) is 4. The van der Waals surface area contributed by atoms with Gasteiger partial charge in [0.2, 0.25) is 0 Å². The second-order valence-electron chi connectivity index (χ2n) is 5.50. The molecule has 0 bridgehead atoms. The van der Waals surface area contributed by atoms with Crippen LogP contribution in [0.1, 0.15) is 22.8 Å². The van der Waals surface area contributed by atoms with Crippen LogP contribution in [0.5, 0.6) is 5.75 Å². The fourth-order valence-corrected chi connectivity index (χ4v) is 2.82. The summed E-state index contributed by atoms with van der Waals surface area (Å²) in [6, 6.07) is 14.4. The number of rotatable bonds is 4. The number of fused-ring (bicyclic) bond motifs is 1. The van der Waals surface area contributed by atoms with Gasteiger partial charge in [-0.3, -0.25) is 0 Å². The molecule has 0 spiro atoms. The topological polar surface area (TPSA) is 59.7 Å². The maximum absolute atomic E-state index is 11.6. The Bertz CT molecular complexity index is 895. The molecule has 1 atom stereocenters. The lowest BCUT2D eigenvalue weighted by atomic mass is 9.96. The molecule has 0 aliphatic rings. The van der Waals surface area contributed by atoms with Gasteiger partial charge >= 0.3 is 5.63 Å². The lowest BCUT2D eigenvalue weighted by molar-refractivity contribution is 0.176. The van der Waals surface area contributed by atoms with Crippen molar-refractivity contribution in [1.29, 1.82) is 0 Å². The predicted molar refractivity (Wildman–Crippen MR) is 88.9 cm³/mol. The molecule has 1 N–H and O–H groups in total. The van der Waals surface area contributed by atoms with Crippen LogP contribution in [0.15, 0.2) is 57.7 Å². The average Bonchev–Trinajstić information content (AvgIpc) is 2.55. The molecule has 0 saturated carbocycles. The minimum absolute atomic E-state index is 0.304. The zero-order valence-corrected chi connectivity index (χ0v) is 13.1. The molecule has 4 nitrogen and oxygen atoms in total. The van der Waals surface area contributed by atoms with Crippen LogP contribution >= 0.6 is 0 Å². The van der Waals surface area contributed by atoms with E-state index in [1.165, 1.54) is 6.07 Å². The molecule has 0 aliphatic heterocycles. The van der Waals surface area contributed by atoms with Crippen molar-refractivity contribution < 1.29 is 14.3 Å². The summed E-state index contributed by atoms with van der Waals surface area (Å²) in [4.78, 5) is 11.6. The second-order valence-corrected chi connectivity index (χ2v) is 5.50. The zero-order valence-electron chi connectivity index (χ0n) is 13.1. The number of hydrogen-bond donors (Lipinski definition) is 1. The van der Waals surface area contributed by atoms with E-state index >= 15 is 0 Å². The Morgan fingerprint density at radius 1 is 1.13 bits per heavy atom. The van der Waals surface area contributed by atoms with E-state index in [-0.39, 0.29) is 0 Å². The van der Waals surface area contributed by atoms with Gasteiger partial charge in [-0.05, 0) is 36.2 Å². The van der Waals surface area contributed by atoms with Crippen LogP contribution in [0.3, 0.4) is 0 Å². The minimum atomic E-state index is -0.707. The fraction of sp³-hybridized carbons (Fsp3) is 0.211. The summed E-state index contributed by atoms with van der Waals surface area (Å²) in [6.45, 7) is 1.96. The van der Waals surface area contributed by atoms with Crippen molar-refractivity contribution in [1.82, 2.24) is 0 Å². The van der Waals surface area contributed by atoms with Gasteiger partial charge in [0, 0.05) is 23.4 Å². The molecule has 23 heavy (non-hydrogen) atoms. The molecule has 0 amide bonds. The van der Waals surface area contributed by atoms with E-state index in [0.29, 0.717) is 23.3 Å². The number of benzene rings is 2. The molecule has 0 fully saturated rings. The summed E-state index contributed by atoms with van der Waals surface area (Å²) in [5.74, 6) is 0.597. The van der Waals surface area contributed by atoms with Crippen LogP contribution in [0.25, 0.3) is 11.0 Å². The lowest BCUT2D eigenvalue weighted by Gasteiger charge is -2.16. The number of methoxy groups -OCH3 is 1. The van der Waals surface area contributed by atoms with Crippen molar-refractivity contribution in [2.24, 2.45) is 0 Å². The van der Waals surface area contributed by atoms with Crippen LogP contribution in [0.2, 0.25) is 0 Å². The highest BCUT2D eigenvalue weighted by atomic mass is 16.5. The Hall–Kier alpha value is -2.59. The first-order valence-electron chi connectivity index (χ1n) is 7.43. The van der Waals surface area contributed by atoms with Crippen LogP contribution in [0.4, 0.5) is 0 Å². The summed E-state index contributed by atoms with van der Waals surface area (Å²) >= 11 is 0. The first-order chi connectivity index (χ1) is 11.1.